The molecule has 1 aliphatic heterocycles. The quantitative estimate of drug-likeness (QED) is 0.255. The number of benzene rings is 3. The minimum atomic E-state index is -4.44. The Morgan fingerprint density at radius 3 is 2.36 bits per heavy atom. The molecule has 5 nitrogen and oxygen atoms in total. The first-order valence-corrected chi connectivity index (χ1v) is 12.2. The van der Waals surface area contributed by atoms with E-state index in [-0.39, 0.29) is 43.8 Å². The predicted octanol–water partition coefficient (Wildman–Crippen LogP) is 5.96. The molecular formula is C28H28ClF5N2O3. The van der Waals surface area contributed by atoms with Gasteiger partial charge in [-0.1, -0.05) is 12.1 Å². The summed E-state index contributed by atoms with van der Waals surface area (Å²) < 4.78 is 76.8. The van der Waals surface area contributed by atoms with E-state index in [9.17, 15) is 26.7 Å². The smallest absolute Gasteiger partial charge is 0.416 e. The van der Waals surface area contributed by atoms with Crippen molar-refractivity contribution in [2.45, 2.75) is 25.4 Å². The number of amides is 1. The van der Waals surface area contributed by atoms with E-state index in [0.29, 0.717) is 42.8 Å². The standard InChI is InChI=1S/C28H27F5N2O3.ClH/c29-22-6-10-26(24(30)16-22)38-13-12-37-23-7-3-18(4-8-23)14-20(17-34)27(36)35-11-1-2-19-15-21(28(31,32)33)5-9-25(19)35;/h3-10,15-16,20H,1-2,11-14,17,34H2;1H. The number of rotatable bonds is 9. The van der Waals surface area contributed by atoms with Gasteiger partial charge in [-0.2, -0.15) is 13.2 Å². The molecule has 0 saturated carbocycles. The zero-order chi connectivity index (χ0) is 27.3. The number of ether oxygens (including phenoxy) is 2. The highest BCUT2D eigenvalue weighted by atomic mass is 35.5. The van der Waals surface area contributed by atoms with Crippen LogP contribution < -0.4 is 20.1 Å². The Hall–Kier alpha value is -3.37. The first-order valence-electron chi connectivity index (χ1n) is 12.2. The Kier molecular flexibility index (Phi) is 10.2. The van der Waals surface area contributed by atoms with E-state index < -0.39 is 29.3 Å². The third kappa shape index (κ3) is 7.60. The van der Waals surface area contributed by atoms with E-state index in [1.165, 1.54) is 17.0 Å². The first-order chi connectivity index (χ1) is 18.2. The fourth-order valence-corrected chi connectivity index (χ4v) is 4.40. The third-order valence-electron chi connectivity index (χ3n) is 6.33. The van der Waals surface area contributed by atoms with Crippen molar-refractivity contribution in [1.29, 1.82) is 0 Å². The first kappa shape index (κ1) is 30.2. The van der Waals surface area contributed by atoms with Gasteiger partial charge in [-0.05, 0) is 72.9 Å². The molecule has 11 heteroatoms. The minimum absolute atomic E-state index is 0. The van der Waals surface area contributed by atoms with Crippen molar-refractivity contribution < 1.29 is 36.2 Å². The number of anilines is 1. The lowest BCUT2D eigenvalue weighted by Gasteiger charge is -2.32. The molecular weight excluding hydrogens is 543 g/mol. The second kappa shape index (κ2) is 13.1. The minimum Gasteiger partial charge on any atom is -0.490 e. The van der Waals surface area contributed by atoms with Crippen molar-refractivity contribution in [3.8, 4) is 11.5 Å². The SMILES string of the molecule is Cl.NCC(Cc1ccc(OCCOc2ccc(F)cc2F)cc1)C(=O)N1CCCc2cc(C(F)(F)F)ccc21. The summed E-state index contributed by atoms with van der Waals surface area (Å²) in [5, 5.41) is 0. The highest BCUT2D eigenvalue weighted by Crippen LogP contribution is 2.35. The van der Waals surface area contributed by atoms with Crippen LogP contribution in [0.15, 0.2) is 60.7 Å². The van der Waals surface area contributed by atoms with E-state index in [4.69, 9.17) is 15.2 Å². The summed E-state index contributed by atoms with van der Waals surface area (Å²) in [5.74, 6) is -1.78. The molecule has 39 heavy (non-hydrogen) atoms. The Bertz CT molecular complexity index is 1270. The maximum absolute atomic E-state index is 13.6. The van der Waals surface area contributed by atoms with Gasteiger partial charge in [0.1, 0.15) is 24.8 Å². The Balaban J connectivity index is 0.00000420. The summed E-state index contributed by atoms with van der Waals surface area (Å²) in [4.78, 5) is 14.9. The number of alkyl halides is 3. The number of nitrogens with zero attached hydrogens (tertiary/aromatic N) is 1. The Morgan fingerprint density at radius 1 is 0.974 bits per heavy atom. The lowest BCUT2D eigenvalue weighted by Crippen LogP contribution is -2.42. The molecule has 0 radical (unpaired) electrons. The molecule has 0 saturated heterocycles. The molecule has 1 heterocycles. The van der Waals surface area contributed by atoms with Crippen molar-refractivity contribution in [2.75, 3.05) is 31.2 Å². The van der Waals surface area contributed by atoms with Gasteiger partial charge < -0.3 is 20.1 Å². The summed E-state index contributed by atoms with van der Waals surface area (Å²) in [6.07, 6.45) is -3.04. The monoisotopic (exact) mass is 570 g/mol. The maximum atomic E-state index is 13.6. The van der Waals surface area contributed by atoms with Gasteiger partial charge >= 0.3 is 6.18 Å². The van der Waals surface area contributed by atoms with Crippen LogP contribution in [0.4, 0.5) is 27.6 Å². The van der Waals surface area contributed by atoms with Crippen molar-refractivity contribution in [1.82, 2.24) is 0 Å². The average molecular weight is 571 g/mol. The van der Waals surface area contributed by atoms with E-state index in [0.717, 1.165) is 29.8 Å². The number of fused-ring (bicyclic) bond motifs is 1. The van der Waals surface area contributed by atoms with E-state index in [2.05, 4.69) is 0 Å². The number of nitrogens with two attached hydrogens (primary N) is 1. The van der Waals surface area contributed by atoms with Gasteiger partial charge in [0.15, 0.2) is 11.6 Å². The van der Waals surface area contributed by atoms with Crippen LogP contribution in [0.1, 0.15) is 23.1 Å². The second-order valence-electron chi connectivity index (χ2n) is 8.99. The fourth-order valence-electron chi connectivity index (χ4n) is 4.40. The van der Waals surface area contributed by atoms with Gasteiger partial charge in [-0.25, -0.2) is 8.78 Å². The van der Waals surface area contributed by atoms with Gasteiger partial charge in [0.2, 0.25) is 5.91 Å². The van der Waals surface area contributed by atoms with Crippen LogP contribution in [-0.4, -0.2) is 32.2 Å². The van der Waals surface area contributed by atoms with Gasteiger partial charge in [0.05, 0.1) is 11.5 Å². The molecule has 1 amide bonds. The fraction of sp³-hybridized carbons (Fsp3) is 0.321. The van der Waals surface area contributed by atoms with Gasteiger partial charge in [-0.3, -0.25) is 4.79 Å². The summed E-state index contributed by atoms with van der Waals surface area (Å²) in [6.45, 7) is 0.686. The molecule has 0 spiro atoms. The highest BCUT2D eigenvalue weighted by Gasteiger charge is 2.33. The highest BCUT2D eigenvalue weighted by molar-refractivity contribution is 5.96. The van der Waals surface area contributed by atoms with Crippen LogP contribution in [0.5, 0.6) is 11.5 Å². The van der Waals surface area contributed by atoms with E-state index in [1.54, 1.807) is 24.3 Å². The second-order valence-corrected chi connectivity index (χ2v) is 8.99. The van der Waals surface area contributed by atoms with Crippen molar-refractivity contribution in [3.05, 3.63) is 89.0 Å². The molecule has 210 valence electrons. The molecule has 1 aliphatic rings. The van der Waals surface area contributed by atoms with Crippen LogP contribution in [0.2, 0.25) is 0 Å². The molecule has 0 aliphatic carbocycles. The summed E-state index contributed by atoms with van der Waals surface area (Å²) in [6, 6.07) is 13.6. The van der Waals surface area contributed by atoms with Crippen LogP contribution in [0.25, 0.3) is 0 Å². The lowest BCUT2D eigenvalue weighted by molar-refractivity contribution is -0.137. The summed E-state index contributed by atoms with van der Waals surface area (Å²) in [7, 11) is 0. The van der Waals surface area contributed by atoms with Crippen LogP contribution in [0, 0.1) is 17.6 Å². The van der Waals surface area contributed by atoms with Crippen molar-refractivity contribution >= 4 is 24.0 Å². The number of hydrogen-bond acceptors (Lipinski definition) is 4. The van der Waals surface area contributed by atoms with Crippen LogP contribution >= 0.6 is 12.4 Å². The van der Waals surface area contributed by atoms with Crippen LogP contribution in [0.3, 0.4) is 0 Å². The molecule has 3 aromatic rings. The maximum Gasteiger partial charge on any atom is 0.416 e. The van der Waals surface area contributed by atoms with Crippen LogP contribution in [-0.2, 0) is 23.8 Å². The molecule has 0 fully saturated rings. The number of halogens is 6. The molecule has 4 rings (SSSR count). The average Bonchev–Trinajstić information content (AvgIpc) is 2.90. The molecule has 0 bridgehead atoms. The molecule has 2 N–H and O–H groups in total. The molecule has 1 unspecified atom stereocenters. The number of carbonyl (C=O) groups is 1. The van der Waals surface area contributed by atoms with Crippen molar-refractivity contribution in [2.24, 2.45) is 11.7 Å². The number of aryl methyl sites for hydroxylation is 1. The number of carbonyl (C=O) groups excluding carboxylic acids is 1. The molecule has 1 atom stereocenters. The number of hydrogen-bond donors (Lipinski definition) is 1. The van der Waals surface area contributed by atoms with Gasteiger partial charge in [0, 0.05) is 24.8 Å². The molecule has 0 aromatic heterocycles. The predicted molar refractivity (Wildman–Crippen MR) is 139 cm³/mol. The zero-order valence-electron chi connectivity index (χ0n) is 20.8. The summed E-state index contributed by atoms with van der Waals surface area (Å²) >= 11 is 0. The Morgan fingerprint density at radius 2 is 1.69 bits per heavy atom. The Labute approximate surface area is 229 Å². The van der Waals surface area contributed by atoms with E-state index in [1.807, 2.05) is 0 Å². The zero-order valence-corrected chi connectivity index (χ0v) is 21.7. The largest absolute Gasteiger partial charge is 0.490 e. The lowest BCUT2D eigenvalue weighted by atomic mass is 9.94. The normalized spacial score (nSPS) is 13.7. The third-order valence-corrected chi connectivity index (χ3v) is 6.33. The topological polar surface area (TPSA) is 64.8 Å². The van der Waals surface area contributed by atoms with Gasteiger partial charge in [-0.15, -0.1) is 12.4 Å². The van der Waals surface area contributed by atoms with E-state index >= 15 is 0 Å². The van der Waals surface area contributed by atoms with Gasteiger partial charge in [0.25, 0.3) is 0 Å². The molecule has 3 aromatic carbocycles. The summed E-state index contributed by atoms with van der Waals surface area (Å²) in [5.41, 5.74) is 7.05. The van der Waals surface area contributed by atoms with Crippen molar-refractivity contribution in [3.63, 3.8) is 0 Å².